The van der Waals surface area contributed by atoms with Gasteiger partial charge in [-0.3, -0.25) is 14.6 Å². The van der Waals surface area contributed by atoms with Gasteiger partial charge < -0.3 is 20.1 Å². The third kappa shape index (κ3) is 8.41. The fraction of sp³-hybridized carbons (Fsp3) is 0.429. The summed E-state index contributed by atoms with van der Waals surface area (Å²) in [5.74, 6) is 0.676. The number of hydrogen-bond acceptors (Lipinski definition) is 8. The Morgan fingerprint density at radius 3 is 2.30 bits per heavy atom. The van der Waals surface area contributed by atoms with Crippen LogP contribution in [0.15, 0.2) is 47.0 Å². The molecule has 3 aromatic rings. The normalized spacial score (nSPS) is 12.3. The van der Waals surface area contributed by atoms with Gasteiger partial charge in [-0.1, -0.05) is 55.4 Å². The molecule has 4 rings (SSSR count). The van der Waals surface area contributed by atoms with Crippen LogP contribution >= 0.6 is 24.8 Å². The molecule has 0 aliphatic carbocycles. The molecule has 12 heteroatoms. The highest BCUT2D eigenvalue weighted by atomic mass is 35.5. The van der Waals surface area contributed by atoms with Crippen LogP contribution in [0.2, 0.25) is 0 Å². The van der Waals surface area contributed by atoms with Crippen molar-refractivity contribution in [1.82, 2.24) is 30.8 Å². The van der Waals surface area contributed by atoms with E-state index in [1.807, 2.05) is 47.2 Å². The van der Waals surface area contributed by atoms with E-state index in [2.05, 4.69) is 46.8 Å². The van der Waals surface area contributed by atoms with E-state index in [1.165, 1.54) is 11.1 Å². The lowest BCUT2D eigenvalue weighted by Gasteiger charge is -2.32. The van der Waals surface area contributed by atoms with Crippen molar-refractivity contribution in [3.63, 3.8) is 0 Å². The van der Waals surface area contributed by atoms with Gasteiger partial charge in [0.1, 0.15) is 0 Å². The summed E-state index contributed by atoms with van der Waals surface area (Å²) in [6, 6.07) is 14.3. The van der Waals surface area contributed by atoms with Gasteiger partial charge in [-0.15, -0.1) is 24.8 Å². The first-order valence-electron chi connectivity index (χ1n) is 13.0. The molecule has 0 bridgehead atoms. The molecule has 40 heavy (non-hydrogen) atoms. The molecule has 0 radical (unpaired) electrons. The van der Waals surface area contributed by atoms with Gasteiger partial charge in [0, 0.05) is 57.4 Å². The van der Waals surface area contributed by atoms with Crippen molar-refractivity contribution < 1.29 is 14.1 Å². The molecule has 1 aliphatic rings. The third-order valence-corrected chi connectivity index (χ3v) is 6.61. The number of anilines is 1. The van der Waals surface area contributed by atoms with Gasteiger partial charge in [0.2, 0.25) is 17.6 Å². The van der Waals surface area contributed by atoms with E-state index in [1.54, 1.807) is 19.0 Å². The minimum atomic E-state index is -0.153. The molecule has 0 unspecified atom stereocenters. The van der Waals surface area contributed by atoms with Gasteiger partial charge in [-0.25, -0.2) is 5.01 Å². The Morgan fingerprint density at radius 1 is 1.02 bits per heavy atom. The van der Waals surface area contributed by atoms with E-state index >= 15 is 0 Å². The molecule has 218 valence electrons. The average molecular weight is 593 g/mol. The lowest BCUT2D eigenvalue weighted by molar-refractivity contribution is -0.145. The molecular formula is C28H39Cl2N7O3. The second-order valence-corrected chi connectivity index (χ2v) is 9.96. The number of aryl methyl sites for hydroxylation is 2. The number of likely N-dealkylation sites (N-methyl/N-ethyl adjacent to an activating group) is 1. The van der Waals surface area contributed by atoms with Crippen molar-refractivity contribution in [2.75, 3.05) is 38.1 Å². The number of nitrogens with zero attached hydrogens (tertiary/aromatic N) is 5. The molecule has 2 aromatic carbocycles. The highest BCUT2D eigenvalue weighted by Gasteiger charge is 2.27. The van der Waals surface area contributed by atoms with Crippen LogP contribution in [0.3, 0.4) is 0 Å². The number of rotatable bonds is 11. The summed E-state index contributed by atoms with van der Waals surface area (Å²) in [5, 5.41) is 14.0. The second-order valence-electron chi connectivity index (χ2n) is 9.96. The molecule has 2 amide bonds. The Balaban J connectivity index is 0.00000280. The summed E-state index contributed by atoms with van der Waals surface area (Å²) in [5.41, 5.74) is 4.90. The quantitative estimate of drug-likeness (QED) is 0.326. The molecule has 2 heterocycles. The minimum absolute atomic E-state index is 0. The summed E-state index contributed by atoms with van der Waals surface area (Å²) >= 11 is 0. The molecule has 10 nitrogen and oxygen atoms in total. The lowest BCUT2D eigenvalue weighted by Crippen LogP contribution is -2.48. The predicted octanol–water partition coefficient (Wildman–Crippen LogP) is 3.51. The maximum absolute atomic E-state index is 13.5. The van der Waals surface area contributed by atoms with Crippen molar-refractivity contribution in [3.8, 4) is 11.4 Å². The molecule has 2 N–H and O–H groups in total. The van der Waals surface area contributed by atoms with Crippen LogP contribution < -0.4 is 15.5 Å². The number of carbonyl (C=O) groups is 2. The van der Waals surface area contributed by atoms with Crippen LogP contribution in [-0.4, -0.2) is 71.2 Å². The number of benzene rings is 2. The Kier molecular flexibility index (Phi) is 12.4. The van der Waals surface area contributed by atoms with E-state index in [0.29, 0.717) is 43.9 Å². The summed E-state index contributed by atoms with van der Waals surface area (Å²) in [6.45, 7) is 10.4. The number of nitrogens with one attached hydrogen (secondary N) is 2. The molecule has 0 saturated heterocycles. The Hall–Kier alpha value is -3.18. The number of halogens is 2. The first-order chi connectivity index (χ1) is 18.2. The smallest absolute Gasteiger partial charge is 0.256 e. The van der Waals surface area contributed by atoms with Crippen molar-refractivity contribution in [2.45, 2.75) is 46.8 Å². The topological polar surface area (TPSA) is 107 Å². The number of aromatic nitrogens is 2. The number of hydrogen-bond donors (Lipinski definition) is 2. The standard InChI is InChI=1S/C28H37N7O3.2ClH/c1-19(2)29-12-13-30-26(36)17-34(25-14-22(11-10-20(25)3)28-31-21(4)38-32-28)18-27(37)33(5)35-15-23-8-6-7-9-24(23)16-35;;/h6-11,14,19,29H,12-13,15-18H2,1-5H3,(H,30,36);2*1H. The number of hydrazine groups is 1. The molecule has 1 aliphatic heterocycles. The number of amides is 2. The fourth-order valence-electron chi connectivity index (χ4n) is 4.47. The Labute approximate surface area is 248 Å². The van der Waals surface area contributed by atoms with Crippen LogP contribution in [0.1, 0.15) is 36.4 Å². The van der Waals surface area contributed by atoms with Gasteiger partial charge in [0.15, 0.2) is 0 Å². The Morgan fingerprint density at radius 2 is 1.70 bits per heavy atom. The van der Waals surface area contributed by atoms with Crippen LogP contribution in [0.4, 0.5) is 5.69 Å². The highest BCUT2D eigenvalue weighted by Crippen LogP contribution is 2.28. The van der Waals surface area contributed by atoms with Crippen molar-refractivity contribution in [1.29, 1.82) is 0 Å². The van der Waals surface area contributed by atoms with Crippen molar-refractivity contribution in [2.24, 2.45) is 0 Å². The minimum Gasteiger partial charge on any atom is -0.353 e. The molecule has 1 aromatic heterocycles. The van der Waals surface area contributed by atoms with Gasteiger partial charge in [-0.2, -0.15) is 4.98 Å². The monoisotopic (exact) mass is 591 g/mol. The SMILES string of the molecule is Cc1nc(-c2ccc(C)c(N(CC(=O)NCCNC(C)C)CC(=O)N(C)N3Cc4ccccc4C3)c2)no1.Cl.Cl. The highest BCUT2D eigenvalue weighted by molar-refractivity contribution is 5.87. The number of carbonyl (C=O) groups excluding carboxylic acids is 2. The second kappa shape index (κ2) is 15.0. The van der Waals surface area contributed by atoms with E-state index < -0.39 is 0 Å². The first-order valence-corrected chi connectivity index (χ1v) is 13.0. The summed E-state index contributed by atoms with van der Waals surface area (Å²) < 4.78 is 5.15. The van der Waals surface area contributed by atoms with Crippen LogP contribution in [0, 0.1) is 13.8 Å². The predicted molar refractivity (Wildman–Crippen MR) is 161 cm³/mol. The third-order valence-electron chi connectivity index (χ3n) is 6.61. The van der Waals surface area contributed by atoms with Crippen LogP contribution in [0.25, 0.3) is 11.4 Å². The number of fused-ring (bicyclic) bond motifs is 1. The van der Waals surface area contributed by atoms with E-state index in [0.717, 1.165) is 16.8 Å². The van der Waals surface area contributed by atoms with Crippen molar-refractivity contribution >= 4 is 42.3 Å². The molecule has 0 saturated carbocycles. The molecule has 0 fully saturated rings. The fourth-order valence-corrected chi connectivity index (χ4v) is 4.47. The molecular weight excluding hydrogens is 553 g/mol. The van der Waals surface area contributed by atoms with E-state index in [4.69, 9.17) is 4.52 Å². The zero-order chi connectivity index (χ0) is 27.2. The zero-order valence-corrected chi connectivity index (χ0v) is 25.3. The van der Waals surface area contributed by atoms with E-state index in [9.17, 15) is 9.59 Å². The summed E-state index contributed by atoms with van der Waals surface area (Å²) in [7, 11) is 1.79. The summed E-state index contributed by atoms with van der Waals surface area (Å²) in [6.07, 6.45) is 0. The zero-order valence-electron chi connectivity index (χ0n) is 23.6. The van der Waals surface area contributed by atoms with Crippen LogP contribution in [0.5, 0.6) is 0 Å². The first kappa shape index (κ1) is 33.0. The maximum Gasteiger partial charge on any atom is 0.256 e. The van der Waals surface area contributed by atoms with Gasteiger partial charge in [-0.05, 0) is 29.7 Å². The maximum atomic E-state index is 13.5. The Bertz CT molecular complexity index is 1260. The van der Waals surface area contributed by atoms with Crippen molar-refractivity contribution in [3.05, 3.63) is 65.0 Å². The van der Waals surface area contributed by atoms with Gasteiger partial charge in [0.25, 0.3) is 5.91 Å². The average Bonchev–Trinajstić information content (AvgIpc) is 3.52. The molecule has 0 atom stereocenters. The van der Waals surface area contributed by atoms with E-state index in [-0.39, 0.29) is 49.7 Å². The summed E-state index contributed by atoms with van der Waals surface area (Å²) in [4.78, 5) is 32.6. The lowest BCUT2D eigenvalue weighted by atomic mass is 10.1. The largest absolute Gasteiger partial charge is 0.353 e. The van der Waals surface area contributed by atoms with Gasteiger partial charge >= 0.3 is 0 Å². The van der Waals surface area contributed by atoms with Crippen LogP contribution in [-0.2, 0) is 22.7 Å². The molecule has 0 spiro atoms. The van der Waals surface area contributed by atoms with Gasteiger partial charge in [0.05, 0.1) is 13.1 Å².